The lowest BCUT2D eigenvalue weighted by molar-refractivity contribution is -0.128. The van der Waals surface area contributed by atoms with Crippen LogP contribution in [0.1, 0.15) is 18.9 Å². The van der Waals surface area contributed by atoms with Gasteiger partial charge in [0.15, 0.2) is 6.10 Å². The molecule has 28 heavy (non-hydrogen) atoms. The van der Waals surface area contributed by atoms with Gasteiger partial charge in [-0.3, -0.25) is 9.59 Å². The fourth-order valence-electron chi connectivity index (χ4n) is 3.51. The number of nitrogens with one attached hydrogen (secondary N) is 2. The van der Waals surface area contributed by atoms with E-state index in [1.807, 2.05) is 55.6 Å². The number of anilines is 1. The monoisotopic (exact) mass is 377 g/mol. The number of carbonyl (C=O) groups is 2. The molecule has 0 fully saturated rings. The van der Waals surface area contributed by atoms with Crippen LogP contribution in [0.3, 0.4) is 0 Å². The molecule has 1 aliphatic rings. The van der Waals surface area contributed by atoms with Crippen LogP contribution in [-0.2, 0) is 16.0 Å². The average Bonchev–Trinajstić information content (AvgIpc) is 3.14. The second kappa shape index (κ2) is 7.76. The minimum atomic E-state index is -0.714. The Morgan fingerprint density at radius 2 is 1.96 bits per heavy atom. The third-order valence-corrected chi connectivity index (χ3v) is 4.93. The van der Waals surface area contributed by atoms with Gasteiger partial charge in [0.2, 0.25) is 5.91 Å². The van der Waals surface area contributed by atoms with Crippen molar-refractivity contribution in [3.05, 3.63) is 60.3 Å². The fourth-order valence-corrected chi connectivity index (χ4v) is 3.51. The Morgan fingerprint density at radius 3 is 2.82 bits per heavy atom. The summed E-state index contributed by atoms with van der Waals surface area (Å²) in [6, 6.07) is 15.3. The third-order valence-electron chi connectivity index (χ3n) is 4.93. The summed E-state index contributed by atoms with van der Waals surface area (Å²) in [5.74, 6) is 0.299. The van der Waals surface area contributed by atoms with Crippen LogP contribution in [0.15, 0.2) is 54.7 Å². The molecule has 0 saturated heterocycles. The number of nitrogens with zero attached hydrogens (tertiary/aromatic N) is 1. The maximum atomic E-state index is 13.2. The molecule has 4 rings (SSSR count). The molecular weight excluding hydrogens is 354 g/mol. The van der Waals surface area contributed by atoms with Crippen molar-refractivity contribution < 1.29 is 14.3 Å². The van der Waals surface area contributed by atoms with Gasteiger partial charge in [-0.25, -0.2) is 0 Å². The van der Waals surface area contributed by atoms with Crippen molar-refractivity contribution >= 4 is 28.4 Å². The number of benzene rings is 2. The lowest BCUT2D eigenvalue weighted by atomic mass is 10.1. The highest BCUT2D eigenvalue weighted by Gasteiger charge is 2.33. The van der Waals surface area contributed by atoms with Crippen molar-refractivity contribution in [2.45, 2.75) is 25.9 Å². The summed E-state index contributed by atoms with van der Waals surface area (Å²) in [5.41, 5.74) is 2.65. The predicted molar refractivity (Wildman–Crippen MR) is 109 cm³/mol. The van der Waals surface area contributed by atoms with Crippen LogP contribution in [0.25, 0.3) is 10.9 Å². The summed E-state index contributed by atoms with van der Waals surface area (Å²) >= 11 is 0. The molecule has 1 aromatic heterocycles. The summed E-state index contributed by atoms with van der Waals surface area (Å²) < 4.78 is 5.86. The number of hydrogen-bond donors (Lipinski definition) is 2. The lowest BCUT2D eigenvalue weighted by Crippen LogP contribution is -2.51. The van der Waals surface area contributed by atoms with E-state index in [0.717, 1.165) is 22.9 Å². The highest BCUT2D eigenvalue weighted by molar-refractivity contribution is 6.00. The molecule has 6 nitrogen and oxygen atoms in total. The molecule has 2 heterocycles. The Bertz CT molecular complexity index is 1010. The lowest BCUT2D eigenvalue weighted by Gasteiger charge is -2.34. The number of rotatable bonds is 5. The van der Waals surface area contributed by atoms with E-state index in [1.54, 1.807) is 11.0 Å². The minimum absolute atomic E-state index is 0.0613. The number of amides is 2. The molecule has 6 heteroatoms. The zero-order chi connectivity index (χ0) is 19.5. The Kier molecular flexibility index (Phi) is 5.02. The number of fused-ring (bicyclic) bond motifs is 2. The predicted octanol–water partition coefficient (Wildman–Crippen LogP) is 3.03. The smallest absolute Gasteiger partial charge is 0.262 e. The van der Waals surface area contributed by atoms with Crippen molar-refractivity contribution in [2.24, 2.45) is 0 Å². The Hall–Kier alpha value is -3.28. The van der Waals surface area contributed by atoms with Crippen LogP contribution in [0, 0.1) is 0 Å². The van der Waals surface area contributed by atoms with Crippen LogP contribution < -0.4 is 15.0 Å². The summed E-state index contributed by atoms with van der Waals surface area (Å²) in [5, 5.41) is 3.89. The van der Waals surface area contributed by atoms with Crippen LogP contribution in [0.4, 0.5) is 5.69 Å². The second-order valence-corrected chi connectivity index (χ2v) is 6.91. The molecule has 3 aromatic rings. The van der Waals surface area contributed by atoms with Gasteiger partial charge < -0.3 is 19.9 Å². The van der Waals surface area contributed by atoms with E-state index in [2.05, 4.69) is 10.3 Å². The number of aromatic amines is 1. The largest absolute Gasteiger partial charge is 0.477 e. The number of carbonyl (C=O) groups excluding carboxylic acids is 2. The number of para-hydroxylation sites is 3. The quantitative estimate of drug-likeness (QED) is 0.718. The molecule has 0 saturated carbocycles. The molecule has 0 radical (unpaired) electrons. The topological polar surface area (TPSA) is 74.4 Å². The van der Waals surface area contributed by atoms with E-state index in [4.69, 9.17) is 4.74 Å². The van der Waals surface area contributed by atoms with Gasteiger partial charge in [0.1, 0.15) is 5.75 Å². The second-order valence-electron chi connectivity index (χ2n) is 6.91. The van der Waals surface area contributed by atoms with Crippen LogP contribution in [0.2, 0.25) is 0 Å². The van der Waals surface area contributed by atoms with Gasteiger partial charge in [0.25, 0.3) is 5.91 Å². The first-order valence-corrected chi connectivity index (χ1v) is 9.56. The summed E-state index contributed by atoms with van der Waals surface area (Å²) in [6.45, 7) is 2.78. The summed E-state index contributed by atoms with van der Waals surface area (Å²) in [7, 11) is 0. The van der Waals surface area contributed by atoms with E-state index in [1.165, 1.54) is 0 Å². The minimum Gasteiger partial charge on any atom is -0.477 e. The average molecular weight is 377 g/mol. The van der Waals surface area contributed by atoms with Crippen LogP contribution in [0.5, 0.6) is 5.75 Å². The van der Waals surface area contributed by atoms with Gasteiger partial charge in [0.05, 0.1) is 18.7 Å². The van der Waals surface area contributed by atoms with Crippen molar-refractivity contribution in [3.8, 4) is 5.75 Å². The van der Waals surface area contributed by atoms with Gasteiger partial charge >= 0.3 is 0 Å². The molecule has 0 aliphatic carbocycles. The van der Waals surface area contributed by atoms with Crippen molar-refractivity contribution in [2.75, 3.05) is 18.0 Å². The molecule has 2 amide bonds. The number of ether oxygens (including phenoxy) is 1. The number of hydrogen-bond acceptors (Lipinski definition) is 3. The SMILES string of the molecule is CCCNC(=O)[C@H]1CN(C(=O)Cc2c[nH]c3ccccc23)c2ccccc2O1. The molecule has 1 atom stereocenters. The standard InChI is InChI=1S/C22H23N3O3/c1-2-11-23-22(27)20-14-25(18-9-5-6-10-19(18)28-20)21(26)12-15-13-24-17-8-4-3-7-16(15)17/h3-10,13,20,24H,2,11-12,14H2,1H3,(H,23,27)/t20-/m1/s1. The van der Waals surface area contributed by atoms with Gasteiger partial charge in [-0.1, -0.05) is 37.3 Å². The van der Waals surface area contributed by atoms with Crippen molar-refractivity contribution in [1.29, 1.82) is 0 Å². The highest BCUT2D eigenvalue weighted by atomic mass is 16.5. The normalized spacial score (nSPS) is 15.8. The van der Waals surface area contributed by atoms with E-state index in [0.29, 0.717) is 18.0 Å². The molecule has 0 spiro atoms. The molecule has 2 aromatic carbocycles. The molecule has 0 bridgehead atoms. The maximum absolute atomic E-state index is 13.2. The first-order valence-electron chi connectivity index (χ1n) is 9.56. The third kappa shape index (κ3) is 3.45. The molecular formula is C22H23N3O3. The first kappa shape index (κ1) is 18.1. The Balaban J connectivity index is 1.59. The highest BCUT2D eigenvalue weighted by Crippen LogP contribution is 2.34. The van der Waals surface area contributed by atoms with Crippen LogP contribution in [-0.4, -0.2) is 36.0 Å². The van der Waals surface area contributed by atoms with Crippen molar-refractivity contribution in [1.82, 2.24) is 10.3 Å². The zero-order valence-corrected chi connectivity index (χ0v) is 15.8. The fraction of sp³-hybridized carbons (Fsp3) is 0.273. The summed E-state index contributed by atoms with van der Waals surface area (Å²) in [6.07, 6.45) is 2.26. The Morgan fingerprint density at radius 1 is 1.18 bits per heavy atom. The zero-order valence-electron chi connectivity index (χ0n) is 15.8. The number of H-pyrrole nitrogens is 1. The number of aromatic nitrogens is 1. The van der Waals surface area contributed by atoms with Crippen molar-refractivity contribution in [3.63, 3.8) is 0 Å². The maximum Gasteiger partial charge on any atom is 0.262 e. The Labute approximate surface area is 163 Å². The van der Waals surface area contributed by atoms with Gasteiger partial charge in [-0.2, -0.15) is 0 Å². The van der Waals surface area contributed by atoms with E-state index < -0.39 is 6.10 Å². The van der Waals surface area contributed by atoms with Gasteiger partial charge in [-0.05, 0) is 30.2 Å². The first-order chi connectivity index (χ1) is 13.7. The van der Waals surface area contributed by atoms with Crippen LogP contribution >= 0.6 is 0 Å². The molecule has 144 valence electrons. The van der Waals surface area contributed by atoms with E-state index in [-0.39, 0.29) is 24.8 Å². The molecule has 2 N–H and O–H groups in total. The van der Waals surface area contributed by atoms with Gasteiger partial charge in [-0.15, -0.1) is 0 Å². The van der Waals surface area contributed by atoms with E-state index >= 15 is 0 Å². The van der Waals surface area contributed by atoms with Gasteiger partial charge in [0, 0.05) is 23.6 Å². The molecule has 1 aliphatic heterocycles. The molecule has 0 unspecified atom stereocenters. The van der Waals surface area contributed by atoms with E-state index in [9.17, 15) is 9.59 Å². The summed E-state index contributed by atoms with van der Waals surface area (Å²) in [4.78, 5) is 30.5.